The van der Waals surface area contributed by atoms with Crippen LogP contribution in [-0.4, -0.2) is 32.6 Å². The average Bonchev–Trinajstić information content (AvgIpc) is 2.62. The molecule has 0 unspecified atom stereocenters. The first-order valence-corrected chi connectivity index (χ1v) is 7.75. The molecule has 0 bridgehead atoms. The second kappa shape index (κ2) is 9.82. The van der Waals surface area contributed by atoms with Gasteiger partial charge in [-0.2, -0.15) is 5.10 Å². The van der Waals surface area contributed by atoms with Crippen molar-refractivity contribution in [2.45, 2.75) is 6.42 Å². The third-order valence-corrected chi connectivity index (χ3v) is 3.11. The minimum absolute atomic E-state index is 0.518. The summed E-state index contributed by atoms with van der Waals surface area (Å²) >= 11 is 0. The highest BCUT2D eigenvalue weighted by atomic mass is 16.5. The monoisotopic (exact) mass is 343 g/mol. The molecule has 0 aliphatic heterocycles. The van der Waals surface area contributed by atoms with Crippen LogP contribution in [0.1, 0.15) is 12.0 Å². The predicted octanol–water partition coefficient (Wildman–Crippen LogP) is 2.55. The molecule has 3 N–H and O–H groups in total. The van der Waals surface area contributed by atoms with Crippen LogP contribution < -0.4 is 25.4 Å². The molecular formula is C18H21N3O4. The topological polar surface area (TPSA) is 95.2 Å². The summed E-state index contributed by atoms with van der Waals surface area (Å²) in [6.45, 7) is 1.06. The fraction of sp³-hybridized carbons (Fsp3) is 0.222. The standard InChI is InChI=1S/C18H21N3O4/c1-23-15-6-3-8-17(12-15)25-10-4-9-24-16-7-2-5-14(11-16)13-20-21-18(19)22/h2-3,5-8,11-13H,4,9-10H2,1H3,(H3,19,21,22)/b20-13-. The smallest absolute Gasteiger partial charge is 0.332 e. The van der Waals surface area contributed by atoms with Crippen molar-refractivity contribution in [1.29, 1.82) is 0 Å². The van der Waals surface area contributed by atoms with E-state index < -0.39 is 6.03 Å². The molecule has 2 amide bonds. The molecule has 0 atom stereocenters. The number of nitrogens with two attached hydrogens (primary N) is 1. The third-order valence-electron chi connectivity index (χ3n) is 3.11. The fourth-order valence-corrected chi connectivity index (χ4v) is 1.99. The summed E-state index contributed by atoms with van der Waals surface area (Å²) in [5.41, 5.74) is 7.86. The third kappa shape index (κ3) is 6.82. The molecule has 0 saturated carbocycles. The number of carbonyl (C=O) groups excluding carboxylic acids is 1. The number of hydrogen-bond acceptors (Lipinski definition) is 5. The highest BCUT2D eigenvalue weighted by Gasteiger charge is 1.99. The predicted molar refractivity (Wildman–Crippen MR) is 95.4 cm³/mol. The SMILES string of the molecule is COc1cccc(OCCCOc2cccc(/C=N\NC(N)=O)c2)c1. The number of primary amides is 1. The molecule has 2 aromatic rings. The first-order valence-electron chi connectivity index (χ1n) is 7.75. The molecule has 0 radical (unpaired) electrons. The van der Waals surface area contributed by atoms with Gasteiger partial charge in [-0.3, -0.25) is 0 Å². The van der Waals surface area contributed by atoms with E-state index in [0.717, 1.165) is 23.5 Å². The van der Waals surface area contributed by atoms with Crippen LogP contribution in [0.3, 0.4) is 0 Å². The van der Waals surface area contributed by atoms with Gasteiger partial charge in [0.15, 0.2) is 0 Å². The van der Waals surface area contributed by atoms with Gasteiger partial charge in [0.05, 0.1) is 26.5 Å². The van der Waals surface area contributed by atoms with Crippen molar-refractivity contribution < 1.29 is 19.0 Å². The van der Waals surface area contributed by atoms with E-state index in [1.165, 1.54) is 6.21 Å². The van der Waals surface area contributed by atoms with E-state index in [-0.39, 0.29) is 0 Å². The van der Waals surface area contributed by atoms with Gasteiger partial charge in [0, 0.05) is 12.5 Å². The summed E-state index contributed by atoms with van der Waals surface area (Å²) < 4.78 is 16.5. The molecule has 7 nitrogen and oxygen atoms in total. The molecule has 0 aliphatic rings. The van der Waals surface area contributed by atoms with Crippen LogP contribution in [0, 0.1) is 0 Å². The van der Waals surface area contributed by atoms with E-state index in [9.17, 15) is 4.79 Å². The number of urea groups is 1. The molecule has 2 aromatic carbocycles. The van der Waals surface area contributed by atoms with Gasteiger partial charge in [-0.25, -0.2) is 10.2 Å². The molecule has 0 spiro atoms. The summed E-state index contributed by atoms with van der Waals surface area (Å²) in [5.74, 6) is 2.24. The highest BCUT2D eigenvalue weighted by Crippen LogP contribution is 2.19. The maximum Gasteiger partial charge on any atom is 0.332 e. The Balaban J connectivity index is 1.72. The Labute approximate surface area is 146 Å². The van der Waals surface area contributed by atoms with Gasteiger partial charge in [0.2, 0.25) is 0 Å². The zero-order valence-electron chi connectivity index (χ0n) is 14.0. The van der Waals surface area contributed by atoms with Crippen LogP contribution in [0.5, 0.6) is 17.2 Å². The second-order valence-corrected chi connectivity index (χ2v) is 5.04. The molecule has 25 heavy (non-hydrogen) atoms. The average molecular weight is 343 g/mol. The van der Waals surface area contributed by atoms with Gasteiger partial charge < -0.3 is 19.9 Å². The highest BCUT2D eigenvalue weighted by molar-refractivity contribution is 5.81. The first-order chi connectivity index (χ1) is 12.2. The number of nitrogens with zero attached hydrogens (tertiary/aromatic N) is 1. The van der Waals surface area contributed by atoms with Crippen LogP contribution in [-0.2, 0) is 0 Å². The summed E-state index contributed by atoms with van der Waals surface area (Å²) in [6, 6.07) is 14.1. The van der Waals surface area contributed by atoms with Gasteiger partial charge in [-0.15, -0.1) is 0 Å². The van der Waals surface area contributed by atoms with E-state index in [4.69, 9.17) is 19.9 Å². The van der Waals surface area contributed by atoms with Crippen molar-refractivity contribution in [3.05, 3.63) is 54.1 Å². The molecule has 2 rings (SSSR count). The normalized spacial score (nSPS) is 10.4. The quantitative estimate of drug-likeness (QED) is 0.415. The lowest BCUT2D eigenvalue weighted by Crippen LogP contribution is -2.24. The van der Waals surface area contributed by atoms with Crippen molar-refractivity contribution in [2.75, 3.05) is 20.3 Å². The number of methoxy groups -OCH3 is 1. The van der Waals surface area contributed by atoms with Crippen molar-refractivity contribution in [3.8, 4) is 17.2 Å². The number of benzene rings is 2. The van der Waals surface area contributed by atoms with Gasteiger partial charge in [0.25, 0.3) is 0 Å². The Morgan fingerprint density at radius 3 is 2.40 bits per heavy atom. The molecule has 7 heteroatoms. The molecule has 132 valence electrons. The minimum atomic E-state index is -0.709. The second-order valence-electron chi connectivity index (χ2n) is 5.04. The molecular weight excluding hydrogens is 322 g/mol. The maximum absolute atomic E-state index is 10.6. The first kappa shape index (κ1) is 18.1. The van der Waals surface area contributed by atoms with Crippen LogP contribution in [0.15, 0.2) is 53.6 Å². The van der Waals surface area contributed by atoms with Gasteiger partial charge in [-0.05, 0) is 29.8 Å². The Kier molecular flexibility index (Phi) is 7.12. The van der Waals surface area contributed by atoms with E-state index >= 15 is 0 Å². The number of nitrogens with one attached hydrogen (secondary N) is 1. The van der Waals surface area contributed by atoms with E-state index in [1.54, 1.807) is 7.11 Å². The van der Waals surface area contributed by atoms with Crippen LogP contribution in [0.4, 0.5) is 4.79 Å². The van der Waals surface area contributed by atoms with E-state index in [1.807, 2.05) is 48.5 Å². The van der Waals surface area contributed by atoms with E-state index in [2.05, 4.69) is 10.5 Å². The van der Waals surface area contributed by atoms with Crippen molar-refractivity contribution in [2.24, 2.45) is 10.8 Å². The summed E-state index contributed by atoms with van der Waals surface area (Å²) in [6.07, 6.45) is 2.22. The van der Waals surface area contributed by atoms with Gasteiger partial charge >= 0.3 is 6.03 Å². The molecule has 0 saturated heterocycles. The maximum atomic E-state index is 10.6. The Hall–Kier alpha value is -3.22. The molecule has 0 fully saturated rings. The van der Waals surface area contributed by atoms with Crippen LogP contribution >= 0.6 is 0 Å². The van der Waals surface area contributed by atoms with Gasteiger partial charge in [-0.1, -0.05) is 18.2 Å². The zero-order valence-corrected chi connectivity index (χ0v) is 14.0. The minimum Gasteiger partial charge on any atom is -0.497 e. The number of rotatable bonds is 9. The number of hydrazone groups is 1. The van der Waals surface area contributed by atoms with Crippen molar-refractivity contribution >= 4 is 12.2 Å². The lowest BCUT2D eigenvalue weighted by molar-refractivity contribution is 0.247. The number of amides is 2. The van der Waals surface area contributed by atoms with Crippen molar-refractivity contribution in [1.82, 2.24) is 5.43 Å². The largest absolute Gasteiger partial charge is 0.497 e. The lowest BCUT2D eigenvalue weighted by Gasteiger charge is -2.09. The lowest BCUT2D eigenvalue weighted by atomic mass is 10.2. The Bertz CT molecular complexity index is 719. The Morgan fingerprint density at radius 1 is 1.08 bits per heavy atom. The number of carbonyl (C=O) groups is 1. The molecule has 0 aromatic heterocycles. The summed E-state index contributed by atoms with van der Waals surface area (Å²) in [5, 5.41) is 3.70. The Morgan fingerprint density at radius 2 is 1.72 bits per heavy atom. The zero-order chi connectivity index (χ0) is 17.9. The van der Waals surface area contributed by atoms with Crippen molar-refractivity contribution in [3.63, 3.8) is 0 Å². The fourth-order valence-electron chi connectivity index (χ4n) is 1.99. The van der Waals surface area contributed by atoms with E-state index in [0.29, 0.717) is 19.0 Å². The summed E-state index contributed by atoms with van der Waals surface area (Å²) in [4.78, 5) is 10.6. The number of hydrogen-bond donors (Lipinski definition) is 2. The van der Waals surface area contributed by atoms with Gasteiger partial charge in [0.1, 0.15) is 17.2 Å². The molecule has 0 aliphatic carbocycles. The summed E-state index contributed by atoms with van der Waals surface area (Å²) in [7, 11) is 1.62. The molecule has 0 heterocycles. The van der Waals surface area contributed by atoms with Crippen LogP contribution in [0.2, 0.25) is 0 Å². The van der Waals surface area contributed by atoms with Crippen LogP contribution in [0.25, 0.3) is 0 Å². The number of ether oxygens (including phenoxy) is 3.